The van der Waals surface area contributed by atoms with Gasteiger partial charge in [0, 0.05) is 0 Å². The van der Waals surface area contributed by atoms with E-state index < -0.39 is 44.8 Å². The van der Waals surface area contributed by atoms with Crippen molar-refractivity contribution in [2.45, 2.75) is 49.2 Å². The molecule has 202 valence electrons. The fourth-order valence-electron chi connectivity index (χ4n) is 3.55. The van der Waals surface area contributed by atoms with Gasteiger partial charge in [-0.05, 0) is 44.1 Å². The lowest BCUT2D eigenvalue weighted by Crippen LogP contribution is -2.63. The van der Waals surface area contributed by atoms with Gasteiger partial charge in [-0.1, -0.05) is 56.3 Å². The van der Waals surface area contributed by atoms with Crippen LogP contribution in [-0.4, -0.2) is 62.5 Å². The van der Waals surface area contributed by atoms with Crippen LogP contribution in [0.3, 0.4) is 0 Å². The normalized spacial score (nSPS) is 12.9. The average Bonchev–Trinajstić information content (AvgIpc) is 2.82. The van der Waals surface area contributed by atoms with Crippen molar-refractivity contribution >= 4 is 27.3 Å². The molecule has 0 spiro atoms. The Hall–Kier alpha value is -3.12. The number of sulfone groups is 1. The maximum atomic E-state index is 13.4. The van der Waals surface area contributed by atoms with E-state index in [4.69, 9.17) is 16.2 Å². The largest absolute Gasteiger partial charge is 0.488 e. The van der Waals surface area contributed by atoms with Gasteiger partial charge >= 0.3 is 0 Å². The van der Waals surface area contributed by atoms with E-state index in [1.807, 2.05) is 44.2 Å². The van der Waals surface area contributed by atoms with E-state index in [2.05, 4.69) is 5.32 Å². The van der Waals surface area contributed by atoms with Crippen molar-refractivity contribution in [2.75, 3.05) is 20.6 Å². The molecule has 0 radical (unpaired) electrons. The first kappa shape index (κ1) is 30.1. The zero-order chi connectivity index (χ0) is 27.8. The lowest BCUT2D eigenvalue weighted by Gasteiger charge is -2.26. The number of para-hydroxylation sites is 1. The van der Waals surface area contributed by atoms with Gasteiger partial charge in [-0.2, -0.15) is 0 Å². The fourth-order valence-corrected chi connectivity index (χ4v) is 4.93. The van der Waals surface area contributed by atoms with Crippen LogP contribution in [0.15, 0.2) is 59.5 Å². The molecule has 0 aliphatic heterocycles. The van der Waals surface area contributed by atoms with Crippen LogP contribution in [0, 0.1) is 5.92 Å². The van der Waals surface area contributed by atoms with Gasteiger partial charge in [0.25, 0.3) is 0 Å². The standard InChI is InChI=1S/C26H36N4O6S/c1-18(2)14-20(29-25(33)16-30(3)4)21(31)15-24(32)26(27,28)37(34,35)23-13-9-8-12-22(23)36-17-19-10-6-5-7-11-19/h5-13,18,20H,14-17,27-28H2,1-4H3,(H,29,33)/t20-/m0/s1. The van der Waals surface area contributed by atoms with Crippen LogP contribution in [0.25, 0.3) is 0 Å². The lowest BCUT2D eigenvalue weighted by atomic mass is 9.97. The van der Waals surface area contributed by atoms with Crippen LogP contribution in [0.5, 0.6) is 5.75 Å². The van der Waals surface area contributed by atoms with Crippen molar-refractivity contribution in [1.82, 2.24) is 10.2 Å². The van der Waals surface area contributed by atoms with Gasteiger partial charge in [-0.25, -0.2) is 8.42 Å². The van der Waals surface area contributed by atoms with Crippen LogP contribution < -0.4 is 21.5 Å². The predicted octanol–water partition coefficient (Wildman–Crippen LogP) is 1.23. The van der Waals surface area contributed by atoms with Crippen molar-refractivity contribution in [3.63, 3.8) is 0 Å². The van der Waals surface area contributed by atoms with E-state index in [0.717, 1.165) is 5.56 Å². The number of hydrogen-bond acceptors (Lipinski definition) is 9. The summed E-state index contributed by atoms with van der Waals surface area (Å²) >= 11 is 0. The molecule has 11 heteroatoms. The van der Waals surface area contributed by atoms with Gasteiger partial charge in [0.05, 0.1) is 19.0 Å². The summed E-state index contributed by atoms with van der Waals surface area (Å²) in [6.45, 7) is 3.83. The molecule has 2 aromatic carbocycles. The summed E-state index contributed by atoms with van der Waals surface area (Å²) in [4.78, 5) is 36.6. The second-order valence-corrected chi connectivity index (χ2v) is 11.7. The fraction of sp³-hybridized carbons (Fsp3) is 0.423. The Kier molecular flexibility index (Phi) is 10.5. The van der Waals surface area contributed by atoms with Crippen LogP contribution in [0.4, 0.5) is 0 Å². The number of nitrogens with two attached hydrogens (primary N) is 2. The van der Waals surface area contributed by atoms with Gasteiger partial charge in [-0.15, -0.1) is 0 Å². The summed E-state index contributed by atoms with van der Waals surface area (Å²) in [6.07, 6.45) is -0.602. The van der Waals surface area contributed by atoms with E-state index in [-0.39, 0.29) is 36.1 Å². The smallest absolute Gasteiger partial charge is 0.234 e. The Bertz CT molecular complexity index is 1200. The SMILES string of the molecule is CC(C)C[C@H](NC(=O)CN(C)C)C(=O)CC(=O)C(N)(N)S(=O)(=O)c1ccccc1OCc1ccccc1. The maximum Gasteiger partial charge on any atom is 0.234 e. The molecule has 0 bridgehead atoms. The summed E-state index contributed by atoms with van der Waals surface area (Å²) < 4.78 is 32.5. The molecular formula is C26H36N4O6S. The predicted molar refractivity (Wildman–Crippen MR) is 140 cm³/mol. The zero-order valence-corrected chi connectivity index (χ0v) is 22.5. The molecule has 2 rings (SSSR count). The third kappa shape index (κ3) is 8.19. The molecule has 0 saturated carbocycles. The maximum absolute atomic E-state index is 13.4. The molecule has 1 atom stereocenters. The highest BCUT2D eigenvalue weighted by atomic mass is 32.2. The van der Waals surface area contributed by atoms with Gasteiger partial charge in [0.2, 0.25) is 20.7 Å². The number of Topliss-reactive ketones (excluding diaryl/α,β-unsaturated/α-hetero) is 2. The first-order valence-corrected chi connectivity index (χ1v) is 13.3. The van der Waals surface area contributed by atoms with Gasteiger partial charge in [0.1, 0.15) is 17.3 Å². The van der Waals surface area contributed by atoms with E-state index >= 15 is 0 Å². The van der Waals surface area contributed by atoms with Crippen LogP contribution >= 0.6 is 0 Å². The third-order valence-corrected chi connectivity index (χ3v) is 7.52. The van der Waals surface area contributed by atoms with Crippen LogP contribution in [0.2, 0.25) is 0 Å². The number of benzene rings is 2. The van der Waals surface area contributed by atoms with Crippen molar-refractivity contribution in [3.8, 4) is 5.75 Å². The minimum atomic E-state index is -4.67. The van der Waals surface area contributed by atoms with Gasteiger partial charge in [0.15, 0.2) is 11.6 Å². The number of carbonyl (C=O) groups is 3. The summed E-state index contributed by atoms with van der Waals surface area (Å²) in [6, 6.07) is 13.8. The molecule has 0 aliphatic carbocycles. The number of hydrogen-bond donors (Lipinski definition) is 3. The number of ether oxygens (including phenoxy) is 1. The topological polar surface area (TPSA) is 162 Å². The number of nitrogens with zero attached hydrogens (tertiary/aromatic N) is 1. The number of nitrogens with one attached hydrogen (secondary N) is 1. The molecule has 37 heavy (non-hydrogen) atoms. The number of ketones is 2. The van der Waals surface area contributed by atoms with Crippen molar-refractivity contribution in [1.29, 1.82) is 0 Å². The van der Waals surface area contributed by atoms with E-state index in [1.54, 1.807) is 25.1 Å². The molecule has 0 heterocycles. The molecular weight excluding hydrogens is 496 g/mol. The van der Waals surface area contributed by atoms with Crippen LogP contribution in [-0.2, 0) is 30.8 Å². The average molecular weight is 533 g/mol. The third-order valence-electron chi connectivity index (χ3n) is 5.48. The molecule has 1 amide bonds. The highest BCUT2D eigenvalue weighted by Gasteiger charge is 2.46. The molecule has 0 saturated heterocycles. The Morgan fingerprint density at radius 1 is 1.00 bits per heavy atom. The number of amides is 1. The first-order chi connectivity index (χ1) is 17.3. The summed E-state index contributed by atoms with van der Waals surface area (Å²) in [5.74, 6) is -2.28. The minimum absolute atomic E-state index is 0.0154. The number of carbonyl (C=O) groups excluding carboxylic acids is 3. The van der Waals surface area contributed by atoms with Crippen molar-refractivity contribution in [3.05, 3.63) is 60.2 Å². The van der Waals surface area contributed by atoms with E-state index in [0.29, 0.717) is 0 Å². The molecule has 0 fully saturated rings. The minimum Gasteiger partial charge on any atom is -0.488 e. The molecule has 0 aliphatic rings. The van der Waals surface area contributed by atoms with E-state index in [1.165, 1.54) is 18.2 Å². The van der Waals surface area contributed by atoms with Gasteiger partial charge < -0.3 is 15.0 Å². The quantitative estimate of drug-likeness (QED) is 0.240. The van der Waals surface area contributed by atoms with E-state index in [9.17, 15) is 22.8 Å². The second kappa shape index (κ2) is 12.9. The Balaban J connectivity index is 2.24. The molecule has 0 unspecified atom stereocenters. The summed E-state index contributed by atoms with van der Waals surface area (Å²) in [5.41, 5.74) is 12.6. The Morgan fingerprint density at radius 2 is 1.59 bits per heavy atom. The zero-order valence-electron chi connectivity index (χ0n) is 21.6. The number of likely N-dealkylation sites (N-methyl/N-ethyl adjacent to an activating group) is 1. The lowest BCUT2D eigenvalue weighted by molar-refractivity contribution is -0.132. The summed E-state index contributed by atoms with van der Waals surface area (Å²) in [5, 5.41) is 2.61. The molecule has 10 nitrogen and oxygen atoms in total. The first-order valence-electron chi connectivity index (χ1n) is 11.8. The Labute approximate surface area is 218 Å². The Morgan fingerprint density at radius 3 is 2.19 bits per heavy atom. The molecule has 0 aromatic heterocycles. The number of rotatable bonds is 14. The van der Waals surface area contributed by atoms with Crippen LogP contribution in [0.1, 0.15) is 32.3 Å². The molecule has 5 N–H and O–H groups in total. The highest BCUT2D eigenvalue weighted by Crippen LogP contribution is 2.30. The van der Waals surface area contributed by atoms with Crippen molar-refractivity contribution in [2.24, 2.45) is 17.4 Å². The highest BCUT2D eigenvalue weighted by molar-refractivity contribution is 7.93. The monoisotopic (exact) mass is 532 g/mol. The molecule has 2 aromatic rings. The second-order valence-electron chi connectivity index (χ2n) is 9.57. The van der Waals surface area contributed by atoms with Crippen molar-refractivity contribution < 1.29 is 27.5 Å². The summed E-state index contributed by atoms with van der Waals surface area (Å²) in [7, 11) is -1.27. The van der Waals surface area contributed by atoms with Gasteiger partial charge in [-0.3, -0.25) is 25.9 Å².